The minimum absolute atomic E-state index is 0.0114. The van der Waals surface area contributed by atoms with Gasteiger partial charge in [-0.25, -0.2) is 0 Å². The van der Waals surface area contributed by atoms with Crippen LogP contribution in [-0.4, -0.2) is 44.5 Å². The number of amidine groups is 1. The number of ether oxygens (including phenoxy) is 2. The number of hydrogen-bond donors (Lipinski definition) is 5. The fraction of sp³-hybridized carbons (Fsp3) is 0.318. The van der Waals surface area contributed by atoms with Crippen LogP contribution in [0.2, 0.25) is 0 Å². The standard InChI is InChI=1S/C22H29N5O4/c1-14(22(29)26-12-16-6-9-18(30-2)19(10-16)31-3)27-20(28)13-25-11-15-4-7-17(8-5-15)21(23)24/h4-10,14,25H,11-13H2,1-3H3,(H3,23,24)(H,26,29)(H,27,28). The number of hydrogen-bond acceptors (Lipinski definition) is 6. The highest BCUT2D eigenvalue weighted by Crippen LogP contribution is 2.27. The number of benzene rings is 2. The molecule has 0 saturated carbocycles. The zero-order valence-corrected chi connectivity index (χ0v) is 18.0. The van der Waals surface area contributed by atoms with Crippen LogP contribution in [0, 0.1) is 5.41 Å². The number of methoxy groups -OCH3 is 2. The van der Waals surface area contributed by atoms with E-state index in [0.717, 1.165) is 11.1 Å². The molecule has 0 radical (unpaired) electrons. The Bertz CT molecular complexity index is 915. The average molecular weight is 428 g/mol. The zero-order chi connectivity index (χ0) is 22.8. The quantitative estimate of drug-likeness (QED) is 0.267. The number of carbonyl (C=O) groups excluding carboxylic acids is 2. The molecule has 2 rings (SSSR count). The van der Waals surface area contributed by atoms with Crippen LogP contribution in [0.5, 0.6) is 11.5 Å². The van der Waals surface area contributed by atoms with Crippen LogP contribution in [-0.2, 0) is 22.7 Å². The lowest BCUT2D eigenvalue weighted by Gasteiger charge is -2.15. The Labute approximate surface area is 181 Å². The first-order chi connectivity index (χ1) is 14.8. The molecule has 0 saturated heterocycles. The summed E-state index contributed by atoms with van der Waals surface area (Å²) >= 11 is 0. The molecule has 9 heteroatoms. The molecular weight excluding hydrogens is 398 g/mol. The Hall–Kier alpha value is -3.59. The van der Waals surface area contributed by atoms with Crippen LogP contribution in [0.25, 0.3) is 0 Å². The lowest BCUT2D eigenvalue weighted by Crippen LogP contribution is -2.47. The smallest absolute Gasteiger partial charge is 0.242 e. The highest BCUT2D eigenvalue weighted by Gasteiger charge is 2.15. The van der Waals surface area contributed by atoms with Gasteiger partial charge < -0.3 is 31.2 Å². The fourth-order valence-corrected chi connectivity index (χ4v) is 2.81. The number of nitrogens with one attached hydrogen (secondary N) is 4. The molecule has 0 heterocycles. The monoisotopic (exact) mass is 427 g/mol. The largest absolute Gasteiger partial charge is 0.493 e. The van der Waals surface area contributed by atoms with E-state index in [1.807, 2.05) is 18.2 Å². The normalized spacial score (nSPS) is 11.3. The molecule has 166 valence electrons. The maximum absolute atomic E-state index is 12.3. The van der Waals surface area contributed by atoms with Crippen molar-refractivity contribution in [3.05, 3.63) is 59.2 Å². The van der Waals surface area contributed by atoms with Crippen molar-refractivity contribution in [3.8, 4) is 11.5 Å². The molecule has 1 unspecified atom stereocenters. The third-order valence-corrected chi connectivity index (χ3v) is 4.57. The van der Waals surface area contributed by atoms with Gasteiger partial charge in [0.2, 0.25) is 11.8 Å². The summed E-state index contributed by atoms with van der Waals surface area (Å²) in [4.78, 5) is 24.4. The Kier molecular flexibility index (Phi) is 8.83. The summed E-state index contributed by atoms with van der Waals surface area (Å²) in [5, 5.41) is 15.9. The molecule has 2 aromatic rings. The van der Waals surface area contributed by atoms with Gasteiger partial charge in [-0.1, -0.05) is 30.3 Å². The van der Waals surface area contributed by atoms with E-state index < -0.39 is 6.04 Å². The molecule has 0 aromatic heterocycles. The third kappa shape index (κ3) is 7.31. The van der Waals surface area contributed by atoms with Crippen molar-refractivity contribution in [1.82, 2.24) is 16.0 Å². The first-order valence-corrected chi connectivity index (χ1v) is 9.76. The van der Waals surface area contributed by atoms with Crippen molar-refractivity contribution in [2.24, 2.45) is 5.73 Å². The highest BCUT2D eigenvalue weighted by molar-refractivity contribution is 5.94. The molecule has 0 bridgehead atoms. The Morgan fingerprint density at radius 1 is 1.00 bits per heavy atom. The van der Waals surface area contributed by atoms with E-state index in [9.17, 15) is 9.59 Å². The molecule has 2 aromatic carbocycles. The minimum atomic E-state index is -0.677. The van der Waals surface area contributed by atoms with Crippen LogP contribution < -0.4 is 31.2 Å². The molecule has 9 nitrogen and oxygen atoms in total. The van der Waals surface area contributed by atoms with E-state index in [1.54, 1.807) is 45.4 Å². The second-order valence-electron chi connectivity index (χ2n) is 6.91. The fourth-order valence-electron chi connectivity index (χ4n) is 2.81. The SMILES string of the molecule is COc1ccc(CNC(=O)C(C)NC(=O)CNCc2ccc(C(=N)N)cc2)cc1OC. The maximum Gasteiger partial charge on any atom is 0.242 e. The second kappa shape index (κ2) is 11.6. The van der Waals surface area contributed by atoms with Gasteiger partial charge in [0.05, 0.1) is 20.8 Å². The molecule has 0 aliphatic heterocycles. The second-order valence-corrected chi connectivity index (χ2v) is 6.91. The molecule has 6 N–H and O–H groups in total. The van der Waals surface area contributed by atoms with E-state index in [1.165, 1.54) is 0 Å². The summed E-state index contributed by atoms with van der Waals surface area (Å²) in [6, 6.07) is 11.9. The van der Waals surface area contributed by atoms with Crippen LogP contribution in [0.3, 0.4) is 0 Å². The Morgan fingerprint density at radius 3 is 2.26 bits per heavy atom. The van der Waals surface area contributed by atoms with E-state index in [4.69, 9.17) is 20.6 Å². The van der Waals surface area contributed by atoms with Crippen molar-refractivity contribution in [2.45, 2.75) is 26.1 Å². The predicted molar refractivity (Wildman–Crippen MR) is 118 cm³/mol. The number of nitrogen functional groups attached to an aromatic ring is 1. The summed E-state index contributed by atoms with van der Waals surface area (Å²) in [5.74, 6) is 0.632. The summed E-state index contributed by atoms with van der Waals surface area (Å²) in [7, 11) is 3.11. The van der Waals surface area contributed by atoms with Crippen LogP contribution in [0.4, 0.5) is 0 Å². The van der Waals surface area contributed by atoms with Gasteiger partial charge in [-0.05, 0) is 30.2 Å². The molecule has 0 aliphatic carbocycles. The van der Waals surface area contributed by atoms with Gasteiger partial charge in [-0.15, -0.1) is 0 Å². The van der Waals surface area contributed by atoms with Crippen LogP contribution in [0.1, 0.15) is 23.6 Å². The van der Waals surface area contributed by atoms with Gasteiger partial charge in [0, 0.05) is 18.7 Å². The Morgan fingerprint density at radius 2 is 1.65 bits per heavy atom. The lowest BCUT2D eigenvalue weighted by atomic mass is 10.1. The van der Waals surface area contributed by atoms with Gasteiger partial charge in [-0.3, -0.25) is 15.0 Å². The van der Waals surface area contributed by atoms with Crippen LogP contribution in [0.15, 0.2) is 42.5 Å². The lowest BCUT2D eigenvalue weighted by molar-refractivity contribution is -0.128. The average Bonchev–Trinajstić information content (AvgIpc) is 2.77. The van der Waals surface area contributed by atoms with Gasteiger partial charge in [-0.2, -0.15) is 0 Å². The van der Waals surface area contributed by atoms with E-state index in [-0.39, 0.29) is 24.2 Å². The molecule has 0 fully saturated rings. The maximum atomic E-state index is 12.3. The highest BCUT2D eigenvalue weighted by atomic mass is 16.5. The van der Waals surface area contributed by atoms with Gasteiger partial charge in [0.1, 0.15) is 11.9 Å². The molecular formula is C22H29N5O4. The zero-order valence-electron chi connectivity index (χ0n) is 18.0. The first kappa shape index (κ1) is 23.7. The topological polar surface area (TPSA) is 139 Å². The van der Waals surface area contributed by atoms with Gasteiger partial charge in [0.25, 0.3) is 0 Å². The van der Waals surface area contributed by atoms with Crippen molar-refractivity contribution < 1.29 is 19.1 Å². The van der Waals surface area contributed by atoms with Gasteiger partial charge >= 0.3 is 0 Å². The van der Waals surface area contributed by atoms with Crippen molar-refractivity contribution in [1.29, 1.82) is 5.41 Å². The van der Waals surface area contributed by atoms with Gasteiger partial charge in [0.15, 0.2) is 11.5 Å². The molecule has 31 heavy (non-hydrogen) atoms. The number of carbonyl (C=O) groups is 2. The summed E-state index contributed by atoms with van der Waals surface area (Å²) in [5.41, 5.74) is 7.88. The molecule has 0 aliphatic rings. The third-order valence-electron chi connectivity index (χ3n) is 4.57. The van der Waals surface area contributed by atoms with Crippen molar-refractivity contribution in [2.75, 3.05) is 20.8 Å². The molecule has 1 atom stereocenters. The number of amides is 2. The Balaban J connectivity index is 1.73. The van der Waals surface area contributed by atoms with E-state index >= 15 is 0 Å². The summed E-state index contributed by atoms with van der Waals surface area (Å²) < 4.78 is 10.4. The summed E-state index contributed by atoms with van der Waals surface area (Å²) in [6.07, 6.45) is 0. The van der Waals surface area contributed by atoms with Crippen molar-refractivity contribution in [3.63, 3.8) is 0 Å². The van der Waals surface area contributed by atoms with E-state index in [0.29, 0.717) is 30.2 Å². The first-order valence-electron chi connectivity index (χ1n) is 9.76. The van der Waals surface area contributed by atoms with Crippen LogP contribution >= 0.6 is 0 Å². The van der Waals surface area contributed by atoms with Crippen molar-refractivity contribution >= 4 is 17.6 Å². The number of rotatable bonds is 11. The van der Waals surface area contributed by atoms with E-state index in [2.05, 4.69) is 16.0 Å². The molecule has 2 amide bonds. The predicted octanol–water partition coefficient (Wildman–Crippen LogP) is 0.899. The molecule has 0 spiro atoms. The number of nitrogens with two attached hydrogens (primary N) is 1. The minimum Gasteiger partial charge on any atom is -0.493 e. The summed E-state index contributed by atoms with van der Waals surface area (Å²) in [6.45, 7) is 2.48.